The lowest BCUT2D eigenvalue weighted by molar-refractivity contribution is -0.140. The van der Waals surface area contributed by atoms with Crippen LogP contribution in [0.5, 0.6) is 0 Å². The summed E-state index contributed by atoms with van der Waals surface area (Å²) in [6, 6.07) is 1.83. The summed E-state index contributed by atoms with van der Waals surface area (Å²) in [5, 5.41) is 12.2. The van der Waals surface area contributed by atoms with Gasteiger partial charge in [-0.2, -0.15) is 0 Å². The van der Waals surface area contributed by atoms with Gasteiger partial charge in [0.2, 0.25) is 11.9 Å². The first kappa shape index (κ1) is 21.5. The van der Waals surface area contributed by atoms with Crippen molar-refractivity contribution in [3.05, 3.63) is 18.5 Å². The van der Waals surface area contributed by atoms with Crippen LogP contribution in [0.1, 0.15) is 51.4 Å². The minimum atomic E-state index is -0.793. The lowest BCUT2D eigenvalue weighted by Crippen LogP contribution is -2.47. The highest BCUT2D eigenvalue weighted by Gasteiger charge is 2.37. The van der Waals surface area contributed by atoms with E-state index in [1.165, 1.54) is 0 Å². The standard InChI is InChI=1S/C21H33N5O3/c27-18(16-21(17-19(28)29)6-1-2-7-21)22-8-3-4-11-25-12-14-26(15-13-25)20-23-9-5-10-24-20/h5,9-10H,1-4,6-8,11-17H2,(H,22,27)(H,28,29). The molecular formula is C21H33N5O3. The zero-order valence-electron chi connectivity index (χ0n) is 17.2. The van der Waals surface area contributed by atoms with E-state index in [1.807, 2.05) is 6.07 Å². The molecule has 0 radical (unpaired) electrons. The lowest BCUT2D eigenvalue weighted by atomic mass is 9.79. The molecule has 0 bridgehead atoms. The fourth-order valence-electron chi connectivity index (χ4n) is 4.58. The number of carboxylic acid groups (broad SMARTS) is 1. The smallest absolute Gasteiger partial charge is 0.303 e. The van der Waals surface area contributed by atoms with E-state index < -0.39 is 5.97 Å². The molecule has 1 saturated carbocycles. The molecule has 0 aromatic carbocycles. The molecule has 2 fully saturated rings. The molecule has 1 aromatic heterocycles. The lowest BCUT2D eigenvalue weighted by Gasteiger charge is -2.34. The minimum Gasteiger partial charge on any atom is -0.481 e. The van der Waals surface area contributed by atoms with Crippen LogP contribution in [-0.4, -0.2) is 71.1 Å². The number of nitrogens with zero attached hydrogens (tertiary/aromatic N) is 4. The summed E-state index contributed by atoms with van der Waals surface area (Å²) in [7, 11) is 0. The number of hydrogen-bond acceptors (Lipinski definition) is 6. The van der Waals surface area contributed by atoms with Gasteiger partial charge < -0.3 is 15.3 Å². The van der Waals surface area contributed by atoms with Gasteiger partial charge in [0.1, 0.15) is 0 Å². The summed E-state index contributed by atoms with van der Waals surface area (Å²) in [6.45, 7) is 5.57. The molecule has 1 aliphatic heterocycles. The molecule has 2 heterocycles. The molecule has 1 saturated heterocycles. The van der Waals surface area contributed by atoms with Crippen molar-refractivity contribution in [3.63, 3.8) is 0 Å². The van der Waals surface area contributed by atoms with Crippen molar-refractivity contribution in [3.8, 4) is 0 Å². The molecule has 29 heavy (non-hydrogen) atoms. The maximum Gasteiger partial charge on any atom is 0.303 e. The Balaban J connectivity index is 1.27. The van der Waals surface area contributed by atoms with E-state index in [9.17, 15) is 9.59 Å². The van der Waals surface area contributed by atoms with E-state index in [0.717, 1.165) is 77.2 Å². The first-order chi connectivity index (χ1) is 14.1. The number of hydrogen-bond donors (Lipinski definition) is 2. The summed E-state index contributed by atoms with van der Waals surface area (Å²) < 4.78 is 0. The average Bonchev–Trinajstić information content (AvgIpc) is 3.16. The van der Waals surface area contributed by atoms with Gasteiger partial charge in [-0.05, 0) is 43.7 Å². The van der Waals surface area contributed by atoms with Crippen molar-refractivity contribution >= 4 is 17.8 Å². The number of unbranched alkanes of at least 4 members (excludes halogenated alkanes) is 1. The van der Waals surface area contributed by atoms with Gasteiger partial charge in [-0.15, -0.1) is 0 Å². The first-order valence-electron chi connectivity index (χ1n) is 10.8. The average molecular weight is 404 g/mol. The number of rotatable bonds is 10. The van der Waals surface area contributed by atoms with E-state index in [0.29, 0.717) is 13.0 Å². The number of carbonyl (C=O) groups excluding carboxylic acids is 1. The normalized spacial score (nSPS) is 19.2. The van der Waals surface area contributed by atoms with Crippen LogP contribution in [-0.2, 0) is 9.59 Å². The third kappa shape index (κ3) is 6.66. The zero-order valence-corrected chi connectivity index (χ0v) is 17.2. The minimum absolute atomic E-state index is 0.00428. The van der Waals surface area contributed by atoms with Gasteiger partial charge >= 0.3 is 5.97 Å². The number of carboxylic acids is 1. The second-order valence-electron chi connectivity index (χ2n) is 8.39. The number of piperazine rings is 1. The number of amides is 1. The number of carbonyl (C=O) groups is 2. The van der Waals surface area contributed by atoms with Crippen LogP contribution in [0.3, 0.4) is 0 Å². The number of aromatic nitrogens is 2. The van der Waals surface area contributed by atoms with Gasteiger partial charge in [-0.25, -0.2) is 9.97 Å². The molecule has 3 rings (SSSR count). The second kappa shape index (κ2) is 10.5. The molecule has 8 nitrogen and oxygen atoms in total. The highest BCUT2D eigenvalue weighted by atomic mass is 16.4. The predicted octanol–water partition coefficient (Wildman–Crippen LogP) is 1.92. The van der Waals surface area contributed by atoms with Crippen LogP contribution in [0.4, 0.5) is 5.95 Å². The molecule has 0 atom stereocenters. The highest BCUT2D eigenvalue weighted by molar-refractivity contribution is 5.78. The SMILES string of the molecule is O=C(O)CC1(CC(=O)NCCCCN2CCN(c3ncccn3)CC2)CCCC1. The van der Waals surface area contributed by atoms with Crippen molar-refractivity contribution in [2.75, 3.05) is 44.2 Å². The van der Waals surface area contributed by atoms with E-state index >= 15 is 0 Å². The molecule has 0 spiro atoms. The van der Waals surface area contributed by atoms with Crippen molar-refractivity contribution in [1.29, 1.82) is 0 Å². The monoisotopic (exact) mass is 403 g/mol. The molecule has 8 heteroatoms. The Morgan fingerprint density at radius 3 is 2.38 bits per heavy atom. The van der Waals surface area contributed by atoms with Crippen LogP contribution in [0.15, 0.2) is 18.5 Å². The quantitative estimate of drug-likeness (QED) is 0.576. The Labute approximate surface area is 172 Å². The maximum absolute atomic E-state index is 12.3. The summed E-state index contributed by atoms with van der Waals surface area (Å²) in [5.41, 5.74) is -0.321. The third-order valence-corrected chi connectivity index (χ3v) is 6.16. The molecule has 1 aromatic rings. The maximum atomic E-state index is 12.3. The van der Waals surface area contributed by atoms with Crippen molar-refractivity contribution in [2.24, 2.45) is 5.41 Å². The van der Waals surface area contributed by atoms with Crippen LogP contribution in [0.2, 0.25) is 0 Å². The van der Waals surface area contributed by atoms with Crippen molar-refractivity contribution in [1.82, 2.24) is 20.2 Å². The summed E-state index contributed by atoms with van der Waals surface area (Å²) in [6.07, 6.45) is 9.78. The van der Waals surface area contributed by atoms with E-state index in [-0.39, 0.29) is 17.7 Å². The van der Waals surface area contributed by atoms with Crippen LogP contribution in [0.25, 0.3) is 0 Å². The van der Waals surface area contributed by atoms with Crippen molar-refractivity contribution in [2.45, 2.75) is 51.4 Å². The Bertz CT molecular complexity index is 656. The Hall–Kier alpha value is -2.22. The van der Waals surface area contributed by atoms with Gasteiger partial charge in [0.15, 0.2) is 0 Å². The Kier molecular flexibility index (Phi) is 7.80. The molecule has 1 aliphatic carbocycles. The molecule has 2 N–H and O–H groups in total. The number of aliphatic carboxylic acids is 1. The van der Waals surface area contributed by atoms with E-state index in [1.54, 1.807) is 12.4 Å². The van der Waals surface area contributed by atoms with Gasteiger partial charge in [-0.3, -0.25) is 14.5 Å². The van der Waals surface area contributed by atoms with Crippen LogP contribution >= 0.6 is 0 Å². The number of nitrogens with one attached hydrogen (secondary N) is 1. The molecular weight excluding hydrogens is 370 g/mol. The highest BCUT2D eigenvalue weighted by Crippen LogP contribution is 2.43. The van der Waals surface area contributed by atoms with E-state index in [2.05, 4.69) is 25.1 Å². The Morgan fingerprint density at radius 2 is 1.72 bits per heavy atom. The van der Waals surface area contributed by atoms with Gasteiger partial charge in [-0.1, -0.05) is 12.8 Å². The fourth-order valence-corrected chi connectivity index (χ4v) is 4.58. The first-order valence-corrected chi connectivity index (χ1v) is 10.8. The largest absolute Gasteiger partial charge is 0.481 e. The zero-order chi connectivity index (χ0) is 20.5. The summed E-state index contributed by atoms with van der Waals surface area (Å²) >= 11 is 0. The van der Waals surface area contributed by atoms with Crippen molar-refractivity contribution < 1.29 is 14.7 Å². The molecule has 160 valence electrons. The second-order valence-corrected chi connectivity index (χ2v) is 8.39. The fraction of sp³-hybridized carbons (Fsp3) is 0.714. The summed E-state index contributed by atoms with van der Waals surface area (Å²) in [4.78, 5) is 36.7. The van der Waals surface area contributed by atoms with Gasteiger partial charge in [0, 0.05) is 51.5 Å². The summed E-state index contributed by atoms with van der Waals surface area (Å²) in [5.74, 6) is 0.0149. The van der Waals surface area contributed by atoms with Gasteiger partial charge in [0.05, 0.1) is 6.42 Å². The topological polar surface area (TPSA) is 98.7 Å². The van der Waals surface area contributed by atoms with Crippen LogP contribution < -0.4 is 10.2 Å². The number of anilines is 1. The predicted molar refractivity (Wildman–Crippen MR) is 111 cm³/mol. The Morgan fingerprint density at radius 1 is 1.03 bits per heavy atom. The molecule has 1 amide bonds. The molecule has 0 unspecified atom stereocenters. The van der Waals surface area contributed by atoms with E-state index in [4.69, 9.17) is 5.11 Å². The molecule has 2 aliphatic rings. The van der Waals surface area contributed by atoms with Crippen LogP contribution in [0, 0.1) is 5.41 Å². The third-order valence-electron chi connectivity index (χ3n) is 6.16. The van der Waals surface area contributed by atoms with Gasteiger partial charge in [0.25, 0.3) is 0 Å².